The first-order valence-corrected chi connectivity index (χ1v) is 5.55. The molecule has 1 nitrogen and oxygen atoms in total. The number of halogens is 2. The van der Waals surface area contributed by atoms with Gasteiger partial charge in [0.15, 0.2) is 0 Å². The van der Waals surface area contributed by atoms with E-state index in [4.69, 9.17) is 0 Å². The van der Waals surface area contributed by atoms with Crippen molar-refractivity contribution in [2.24, 2.45) is 0 Å². The minimum absolute atomic E-state index is 0.249. The molecule has 1 aliphatic rings. The van der Waals surface area contributed by atoms with Crippen molar-refractivity contribution in [2.45, 2.75) is 31.3 Å². The molecule has 1 N–H and O–H groups in total. The van der Waals surface area contributed by atoms with E-state index in [9.17, 15) is 9.50 Å². The molecular weight excluding hydrogens is 247 g/mol. The van der Waals surface area contributed by atoms with Gasteiger partial charge in [-0.2, -0.15) is 0 Å². The summed E-state index contributed by atoms with van der Waals surface area (Å²) in [6.45, 7) is 0. The SMILES string of the molecule is OC1(Cc2ccc(F)cc2Br)CCC1. The van der Waals surface area contributed by atoms with Crippen LogP contribution in [-0.2, 0) is 6.42 Å². The Morgan fingerprint density at radius 1 is 1.43 bits per heavy atom. The molecule has 0 aliphatic heterocycles. The van der Waals surface area contributed by atoms with Gasteiger partial charge in [0.05, 0.1) is 5.60 Å². The second kappa shape index (κ2) is 3.63. The lowest BCUT2D eigenvalue weighted by Gasteiger charge is -2.37. The smallest absolute Gasteiger partial charge is 0.124 e. The summed E-state index contributed by atoms with van der Waals surface area (Å²) in [5.41, 5.74) is 0.439. The highest BCUT2D eigenvalue weighted by Gasteiger charge is 2.34. The number of hydrogen-bond acceptors (Lipinski definition) is 1. The van der Waals surface area contributed by atoms with Gasteiger partial charge in [-0.25, -0.2) is 4.39 Å². The molecule has 0 aromatic heterocycles. The van der Waals surface area contributed by atoms with Gasteiger partial charge in [-0.05, 0) is 37.0 Å². The van der Waals surface area contributed by atoms with Gasteiger partial charge in [-0.3, -0.25) is 0 Å². The Morgan fingerprint density at radius 2 is 2.14 bits per heavy atom. The number of aliphatic hydroxyl groups is 1. The van der Waals surface area contributed by atoms with Gasteiger partial charge in [-0.1, -0.05) is 22.0 Å². The molecule has 0 bridgehead atoms. The van der Waals surface area contributed by atoms with Crippen LogP contribution in [0, 0.1) is 5.82 Å². The molecule has 0 amide bonds. The Labute approximate surface area is 91.1 Å². The highest BCUT2D eigenvalue weighted by molar-refractivity contribution is 9.10. The van der Waals surface area contributed by atoms with Crippen LogP contribution in [0.3, 0.4) is 0 Å². The molecule has 3 heteroatoms. The van der Waals surface area contributed by atoms with Crippen molar-refractivity contribution in [2.75, 3.05) is 0 Å². The van der Waals surface area contributed by atoms with E-state index in [2.05, 4.69) is 15.9 Å². The minimum Gasteiger partial charge on any atom is -0.390 e. The molecule has 1 aromatic carbocycles. The van der Waals surface area contributed by atoms with Crippen molar-refractivity contribution in [3.8, 4) is 0 Å². The summed E-state index contributed by atoms with van der Waals surface area (Å²) in [7, 11) is 0. The summed E-state index contributed by atoms with van der Waals surface area (Å²) in [6.07, 6.45) is 3.43. The Hall–Kier alpha value is -0.410. The lowest BCUT2D eigenvalue weighted by molar-refractivity contribution is -0.0324. The molecule has 1 fully saturated rings. The highest BCUT2D eigenvalue weighted by atomic mass is 79.9. The monoisotopic (exact) mass is 258 g/mol. The summed E-state index contributed by atoms with van der Waals surface area (Å²) in [4.78, 5) is 0. The Kier molecular flexibility index (Phi) is 2.62. The predicted molar refractivity (Wildman–Crippen MR) is 56.6 cm³/mol. The maximum Gasteiger partial charge on any atom is 0.124 e. The lowest BCUT2D eigenvalue weighted by atomic mass is 9.76. The zero-order valence-corrected chi connectivity index (χ0v) is 9.35. The average Bonchev–Trinajstić information content (AvgIpc) is 2.07. The van der Waals surface area contributed by atoms with E-state index in [1.165, 1.54) is 12.1 Å². The predicted octanol–water partition coefficient (Wildman–Crippen LogP) is 3.05. The molecule has 1 aliphatic carbocycles. The largest absolute Gasteiger partial charge is 0.390 e. The fourth-order valence-corrected chi connectivity index (χ4v) is 2.27. The molecule has 2 rings (SSSR count). The zero-order valence-electron chi connectivity index (χ0n) is 7.76. The number of benzene rings is 1. The molecule has 0 spiro atoms. The van der Waals surface area contributed by atoms with E-state index in [1.54, 1.807) is 6.07 Å². The molecular formula is C11H12BrFO. The standard InChI is InChI=1S/C11H12BrFO/c12-10-6-9(13)3-2-8(10)7-11(14)4-1-5-11/h2-3,6,14H,1,4-5,7H2. The fraction of sp³-hybridized carbons (Fsp3) is 0.455. The summed E-state index contributed by atoms with van der Waals surface area (Å²) in [6, 6.07) is 4.61. The van der Waals surface area contributed by atoms with Crippen molar-refractivity contribution in [1.29, 1.82) is 0 Å². The number of rotatable bonds is 2. The topological polar surface area (TPSA) is 20.2 Å². The average molecular weight is 259 g/mol. The Morgan fingerprint density at radius 3 is 2.64 bits per heavy atom. The maximum atomic E-state index is 12.8. The van der Waals surface area contributed by atoms with E-state index in [-0.39, 0.29) is 5.82 Å². The summed E-state index contributed by atoms with van der Waals surface area (Å²) >= 11 is 3.30. The van der Waals surface area contributed by atoms with Gasteiger partial charge in [0, 0.05) is 10.9 Å². The van der Waals surface area contributed by atoms with Crippen LogP contribution in [0.1, 0.15) is 24.8 Å². The molecule has 0 radical (unpaired) electrons. The molecule has 0 atom stereocenters. The van der Waals surface area contributed by atoms with E-state index in [1.807, 2.05) is 0 Å². The van der Waals surface area contributed by atoms with Gasteiger partial charge in [0.2, 0.25) is 0 Å². The van der Waals surface area contributed by atoms with Crippen molar-refractivity contribution in [1.82, 2.24) is 0 Å². The molecule has 0 unspecified atom stereocenters. The molecule has 76 valence electrons. The van der Waals surface area contributed by atoms with Crippen LogP contribution in [0.2, 0.25) is 0 Å². The van der Waals surface area contributed by atoms with Crippen molar-refractivity contribution in [3.63, 3.8) is 0 Å². The van der Waals surface area contributed by atoms with Crippen LogP contribution >= 0.6 is 15.9 Å². The first kappa shape index (κ1) is 10.1. The normalized spacial score (nSPS) is 19.1. The van der Waals surface area contributed by atoms with E-state index in [0.29, 0.717) is 6.42 Å². The van der Waals surface area contributed by atoms with E-state index < -0.39 is 5.60 Å². The minimum atomic E-state index is -0.541. The van der Waals surface area contributed by atoms with Crippen LogP contribution in [0.5, 0.6) is 0 Å². The van der Waals surface area contributed by atoms with Crippen LogP contribution in [0.25, 0.3) is 0 Å². The second-order valence-corrected chi connectivity index (χ2v) is 4.84. The first-order chi connectivity index (χ1) is 6.59. The zero-order chi connectivity index (χ0) is 10.2. The number of hydrogen-bond donors (Lipinski definition) is 1. The summed E-state index contributed by atoms with van der Waals surface area (Å²) in [5.74, 6) is -0.249. The second-order valence-electron chi connectivity index (χ2n) is 3.99. The summed E-state index contributed by atoms with van der Waals surface area (Å²) < 4.78 is 13.5. The van der Waals surface area contributed by atoms with Crippen LogP contribution < -0.4 is 0 Å². The maximum absolute atomic E-state index is 12.8. The lowest BCUT2D eigenvalue weighted by Crippen LogP contribution is -2.39. The van der Waals surface area contributed by atoms with E-state index >= 15 is 0 Å². The van der Waals surface area contributed by atoms with Crippen LogP contribution in [0.15, 0.2) is 22.7 Å². The van der Waals surface area contributed by atoms with Gasteiger partial charge in [0.25, 0.3) is 0 Å². The highest BCUT2D eigenvalue weighted by Crippen LogP contribution is 2.36. The third kappa shape index (κ3) is 1.98. The third-order valence-electron chi connectivity index (χ3n) is 2.82. The summed E-state index contributed by atoms with van der Waals surface area (Å²) in [5, 5.41) is 9.94. The molecule has 1 saturated carbocycles. The fourth-order valence-electron chi connectivity index (χ4n) is 1.78. The van der Waals surface area contributed by atoms with Crippen LogP contribution in [0.4, 0.5) is 4.39 Å². The van der Waals surface area contributed by atoms with Gasteiger partial charge >= 0.3 is 0 Å². The van der Waals surface area contributed by atoms with Crippen molar-refractivity contribution >= 4 is 15.9 Å². The Bertz CT molecular complexity index is 347. The van der Waals surface area contributed by atoms with Crippen molar-refractivity contribution < 1.29 is 9.50 Å². The van der Waals surface area contributed by atoms with Gasteiger partial charge < -0.3 is 5.11 Å². The molecule has 1 aromatic rings. The van der Waals surface area contributed by atoms with Crippen molar-refractivity contribution in [3.05, 3.63) is 34.1 Å². The Balaban J connectivity index is 2.16. The first-order valence-electron chi connectivity index (χ1n) is 4.75. The molecule has 0 heterocycles. The van der Waals surface area contributed by atoms with Crippen LogP contribution in [-0.4, -0.2) is 10.7 Å². The molecule has 0 saturated heterocycles. The van der Waals surface area contributed by atoms with Gasteiger partial charge in [0.1, 0.15) is 5.82 Å². The van der Waals surface area contributed by atoms with Gasteiger partial charge in [-0.15, -0.1) is 0 Å². The quantitative estimate of drug-likeness (QED) is 0.865. The third-order valence-corrected chi connectivity index (χ3v) is 3.56. The molecule has 14 heavy (non-hydrogen) atoms. The van der Waals surface area contributed by atoms with E-state index in [0.717, 1.165) is 29.3 Å².